The molecule has 0 atom stereocenters. The first-order chi connectivity index (χ1) is 9.54. The zero-order valence-corrected chi connectivity index (χ0v) is 12.6. The Morgan fingerprint density at radius 1 is 1.25 bits per heavy atom. The quantitative estimate of drug-likeness (QED) is 0.842. The Morgan fingerprint density at radius 2 is 1.95 bits per heavy atom. The number of nitrogens with two attached hydrogens (primary N) is 1. The fourth-order valence-corrected chi connectivity index (χ4v) is 1.94. The van der Waals surface area contributed by atoms with E-state index in [2.05, 4.69) is 21.2 Å². The molecule has 104 valence electrons. The number of hydrogen-bond donors (Lipinski definition) is 2. The van der Waals surface area contributed by atoms with Crippen LogP contribution in [-0.2, 0) is 4.79 Å². The fourth-order valence-electron chi connectivity index (χ4n) is 1.67. The molecular formula is C15H15BrN2O2. The van der Waals surface area contributed by atoms with Gasteiger partial charge in [-0.05, 0) is 48.9 Å². The number of carbonyl (C=O) groups excluding carboxylic acids is 1. The Bertz CT molecular complexity index is 612. The maximum Gasteiger partial charge on any atom is 0.262 e. The second-order valence-electron chi connectivity index (χ2n) is 4.39. The number of ether oxygens (including phenoxy) is 1. The van der Waals surface area contributed by atoms with Gasteiger partial charge in [-0.15, -0.1) is 0 Å². The minimum Gasteiger partial charge on any atom is -0.482 e. The van der Waals surface area contributed by atoms with Gasteiger partial charge in [-0.25, -0.2) is 0 Å². The monoisotopic (exact) mass is 334 g/mol. The zero-order valence-electron chi connectivity index (χ0n) is 11.0. The highest BCUT2D eigenvalue weighted by molar-refractivity contribution is 9.10. The summed E-state index contributed by atoms with van der Waals surface area (Å²) in [7, 11) is 0. The van der Waals surface area contributed by atoms with Gasteiger partial charge in [-0.3, -0.25) is 4.79 Å². The van der Waals surface area contributed by atoms with Crippen LogP contribution in [0.5, 0.6) is 5.75 Å². The van der Waals surface area contributed by atoms with E-state index in [1.54, 1.807) is 6.07 Å². The van der Waals surface area contributed by atoms with E-state index in [9.17, 15) is 4.79 Å². The van der Waals surface area contributed by atoms with Gasteiger partial charge in [0.1, 0.15) is 5.75 Å². The van der Waals surface area contributed by atoms with Gasteiger partial charge in [-0.2, -0.15) is 0 Å². The van der Waals surface area contributed by atoms with Crippen LogP contribution in [0.15, 0.2) is 46.9 Å². The van der Waals surface area contributed by atoms with E-state index < -0.39 is 0 Å². The molecule has 0 bridgehead atoms. The van der Waals surface area contributed by atoms with Crippen LogP contribution in [0, 0.1) is 6.92 Å². The summed E-state index contributed by atoms with van der Waals surface area (Å²) in [5.74, 6) is 0.286. The molecule has 5 heteroatoms. The Balaban J connectivity index is 1.90. The largest absolute Gasteiger partial charge is 0.482 e. The lowest BCUT2D eigenvalue weighted by Gasteiger charge is -2.10. The van der Waals surface area contributed by atoms with Crippen LogP contribution in [0.2, 0.25) is 0 Å². The van der Waals surface area contributed by atoms with E-state index in [0.29, 0.717) is 11.4 Å². The number of halogens is 1. The van der Waals surface area contributed by atoms with Crippen molar-refractivity contribution in [3.05, 3.63) is 52.5 Å². The first-order valence-electron chi connectivity index (χ1n) is 6.09. The van der Waals surface area contributed by atoms with Gasteiger partial charge in [0.2, 0.25) is 0 Å². The van der Waals surface area contributed by atoms with E-state index in [1.807, 2.05) is 43.3 Å². The number of nitrogens with one attached hydrogen (secondary N) is 1. The molecule has 2 aromatic rings. The lowest BCUT2D eigenvalue weighted by Crippen LogP contribution is -2.20. The highest BCUT2D eigenvalue weighted by Gasteiger charge is 2.06. The molecular weight excluding hydrogens is 320 g/mol. The second-order valence-corrected chi connectivity index (χ2v) is 5.30. The summed E-state index contributed by atoms with van der Waals surface area (Å²) < 4.78 is 6.36. The summed E-state index contributed by atoms with van der Waals surface area (Å²) >= 11 is 3.34. The predicted molar refractivity (Wildman–Crippen MR) is 83.9 cm³/mol. The van der Waals surface area contributed by atoms with Crippen molar-refractivity contribution in [3.8, 4) is 5.75 Å². The number of carbonyl (C=O) groups is 1. The van der Waals surface area contributed by atoms with E-state index in [1.165, 1.54) is 0 Å². The molecule has 0 aromatic heterocycles. The van der Waals surface area contributed by atoms with Gasteiger partial charge in [0.25, 0.3) is 5.91 Å². The molecule has 0 unspecified atom stereocenters. The van der Waals surface area contributed by atoms with Crippen LogP contribution in [0.3, 0.4) is 0 Å². The van der Waals surface area contributed by atoms with Crippen molar-refractivity contribution in [1.82, 2.24) is 0 Å². The van der Waals surface area contributed by atoms with Crippen molar-refractivity contribution < 1.29 is 9.53 Å². The third-order valence-electron chi connectivity index (χ3n) is 2.65. The van der Waals surface area contributed by atoms with Crippen molar-refractivity contribution in [1.29, 1.82) is 0 Å². The molecule has 20 heavy (non-hydrogen) atoms. The maximum atomic E-state index is 11.8. The van der Waals surface area contributed by atoms with Crippen LogP contribution in [-0.4, -0.2) is 12.5 Å². The fraction of sp³-hybridized carbons (Fsp3) is 0.133. The maximum absolute atomic E-state index is 11.8. The van der Waals surface area contributed by atoms with Crippen LogP contribution in [0.25, 0.3) is 0 Å². The van der Waals surface area contributed by atoms with Gasteiger partial charge >= 0.3 is 0 Å². The summed E-state index contributed by atoms with van der Waals surface area (Å²) in [5, 5.41) is 2.74. The number of nitrogen functional groups attached to an aromatic ring is 1. The number of benzene rings is 2. The molecule has 0 spiro atoms. The van der Waals surface area contributed by atoms with Crippen molar-refractivity contribution in [2.75, 3.05) is 17.7 Å². The average Bonchev–Trinajstić information content (AvgIpc) is 2.40. The molecule has 0 aliphatic heterocycles. The Kier molecular flexibility index (Phi) is 4.63. The van der Waals surface area contributed by atoms with E-state index in [-0.39, 0.29) is 12.5 Å². The molecule has 0 radical (unpaired) electrons. The van der Waals surface area contributed by atoms with Crippen LogP contribution < -0.4 is 15.8 Å². The summed E-state index contributed by atoms with van der Waals surface area (Å²) in [6.07, 6.45) is 0. The number of aryl methyl sites for hydroxylation is 1. The SMILES string of the molecule is Cc1ccc(OCC(=O)Nc2ccc(Br)cc2)c(N)c1. The molecule has 2 aromatic carbocycles. The lowest BCUT2D eigenvalue weighted by atomic mass is 10.2. The molecule has 3 N–H and O–H groups in total. The molecule has 1 amide bonds. The van der Waals surface area contributed by atoms with Crippen molar-refractivity contribution in [3.63, 3.8) is 0 Å². The first-order valence-corrected chi connectivity index (χ1v) is 6.88. The van der Waals surface area contributed by atoms with Crippen molar-refractivity contribution in [2.24, 2.45) is 0 Å². The van der Waals surface area contributed by atoms with Gasteiger partial charge in [-0.1, -0.05) is 22.0 Å². The second kappa shape index (κ2) is 6.43. The third kappa shape index (κ3) is 3.99. The van der Waals surface area contributed by atoms with Gasteiger partial charge in [0, 0.05) is 10.2 Å². The Hall–Kier alpha value is -2.01. The molecule has 4 nitrogen and oxygen atoms in total. The predicted octanol–water partition coefficient (Wildman–Crippen LogP) is 3.36. The molecule has 0 aliphatic rings. The number of amides is 1. The van der Waals surface area contributed by atoms with E-state index in [4.69, 9.17) is 10.5 Å². The molecule has 0 saturated carbocycles. The summed E-state index contributed by atoms with van der Waals surface area (Å²) in [5.41, 5.74) is 8.12. The van der Waals surface area contributed by atoms with Crippen LogP contribution >= 0.6 is 15.9 Å². The van der Waals surface area contributed by atoms with Crippen LogP contribution in [0.4, 0.5) is 11.4 Å². The van der Waals surface area contributed by atoms with Gasteiger partial charge in [0.05, 0.1) is 5.69 Å². The molecule has 0 saturated heterocycles. The van der Waals surface area contributed by atoms with Gasteiger partial charge in [0.15, 0.2) is 6.61 Å². The number of hydrogen-bond acceptors (Lipinski definition) is 3. The van der Waals surface area contributed by atoms with Crippen molar-refractivity contribution >= 4 is 33.2 Å². The van der Waals surface area contributed by atoms with E-state index >= 15 is 0 Å². The molecule has 0 aliphatic carbocycles. The van der Waals surface area contributed by atoms with Crippen molar-refractivity contribution in [2.45, 2.75) is 6.92 Å². The summed E-state index contributed by atoms with van der Waals surface area (Å²) in [6.45, 7) is 1.86. The smallest absolute Gasteiger partial charge is 0.262 e. The lowest BCUT2D eigenvalue weighted by molar-refractivity contribution is -0.118. The molecule has 0 heterocycles. The third-order valence-corrected chi connectivity index (χ3v) is 3.18. The highest BCUT2D eigenvalue weighted by Crippen LogP contribution is 2.22. The minimum atomic E-state index is -0.229. The average molecular weight is 335 g/mol. The summed E-state index contributed by atoms with van der Waals surface area (Å²) in [4.78, 5) is 11.8. The topological polar surface area (TPSA) is 64.3 Å². The highest BCUT2D eigenvalue weighted by atomic mass is 79.9. The molecule has 2 rings (SSSR count). The van der Waals surface area contributed by atoms with Gasteiger partial charge < -0.3 is 15.8 Å². The zero-order chi connectivity index (χ0) is 14.5. The Labute approximate surface area is 126 Å². The van der Waals surface area contributed by atoms with Crippen LogP contribution in [0.1, 0.15) is 5.56 Å². The van der Waals surface area contributed by atoms with E-state index in [0.717, 1.165) is 15.7 Å². The summed E-state index contributed by atoms with van der Waals surface area (Å²) in [6, 6.07) is 12.8. The molecule has 0 fully saturated rings. The minimum absolute atomic E-state index is 0.0800. The first kappa shape index (κ1) is 14.4. The Morgan fingerprint density at radius 3 is 2.60 bits per heavy atom. The standard InChI is InChI=1S/C15H15BrN2O2/c1-10-2-7-14(13(17)8-10)20-9-15(19)18-12-5-3-11(16)4-6-12/h2-8H,9,17H2,1H3,(H,18,19). The normalized spacial score (nSPS) is 10.1. The number of anilines is 2. The number of rotatable bonds is 4.